The van der Waals surface area contributed by atoms with Crippen LogP contribution in [-0.4, -0.2) is 65.0 Å². The molecular weight excluding hydrogens is 568 g/mol. The standard InChI is InChI=1S/C29H30ClF2N7O3/c1-16(2)7-21-20(13-40)27(19(9-33)28(37-21)38-24-5-6-34-15-29(24,31)32)17-3-4-22-23(8-17)42-14-26(41)39(22)12-25-35-10-18(30)11-36-25/h3-4,8-11,13,16,24,33-34H,5-7,12,14-15H2,1-2H3,(H,37,38). The average molecular weight is 598 g/mol. The Morgan fingerprint density at radius 2 is 2.05 bits per heavy atom. The number of piperidine rings is 1. The number of halogens is 3. The Morgan fingerprint density at radius 1 is 1.29 bits per heavy atom. The van der Waals surface area contributed by atoms with E-state index >= 15 is 0 Å². The van der Waals surface area contributed by atoms with Crippen molar-refractivity contribution in [1.29, 1.82) is 5.41 Å². The second-order valence-corrected chi connectivity index (χ2v) is 11.1. The van der Waals surface area contributed by atoms with E-state index in [9.17, 15) is 18.4 Å². The number of benzene rings is 1. The number of hydrogen-bond donors (Lipinski definition) is 3. The van der Waals surface area contributed by atoms with E-state index in [-0.39, 0.29) is 48.3 Å². The minimum absolute atomic E-state index is 0.0867. The van der Waals surface area contributed by atoms with Crippen LogP contribution in [0.2, 0.25) is 5.02 Å². The molecule has 0 saturated carbocycles. The van der Waals surface area contributed by atoms with Gasteiger partial charge in [-0.15, -0.1) is 0 Å². The van der Waals surface area contributed by atoms with Crippen molar-refractivity contribution in [2.45, 2.75) is 45.2 Å². The highest BCUT2D eigenvalue weighted by Gasteiger charge is 2.42. The second-order valence-electron chi connectivity index (χ2n) is 10.7. The first-order chi connectivity index (χ1) is 20.1. The lowest BCUT2D eigenvalue weighted by atomic mass is 9.91. The molecule has 3 N–H and O–H groups in total. The van der Waals surface area contributed by atoms with E-state index in [0.717, 1.165) is 6.21 Å². The van der Waals surface area contributed by atoms with Gasteiger partial charge in [-0.25, -0.2) is 23.7 Å². The lowest BCUT2D eigenvalue weighted by Crippen LogP contribution is -2.53. The predicted octanol–water partition coefficient (Wildman–Crippen LogP) is 4.54. The summed E-state index contributed by atoms with van der Waals surface area (Å²) in [6.07, 6.45) is 5.17. The number of rotatable bonds is 9. The van der Waals surface area contributed by atoms with E-state index in [2.05, 4.69) is 25.6 Å². The number of alkyl halides is 2. The van der Waals surface area contributed by atoms with E-state index in [0.29, 0.717) is 58.4 Å². The Kier molecular flexibility index (Phi) is 8.46. The van der Waals surface area contributed by atoms with E-state index in [4.69, 9.17) is 21.7 Å². The zero-order chi connectivity index (χ0) is 30.0. The number of carbonyl (C=O) groups excluding carboxylic acids is 2. The predicted molar refractivity (Wildman–Crippen MR) is 155 cm³/mol. The molecule has 220 valence electrons. The van der Waals surface area contributed by atoms with Gasteiger partial charge in [0.1, 0.15) is 17.4 Å². The Hall–Kier alpha value is -4.03. The van der Waals surface area contributed by atoms with Crippen molar-refractivity contribution in [2.75, 3.05) is 29.9 Å². The second kappa shape index (κ2) is 12.1. The Balaban J connectivity index is 1.61. The molecule has 0 radical (unpaired) electrons. The van der Waals surface area contributed by atoms with Crippen molar-refractivity contribution in [3.8, 4) is 16.9 Å². The van der Waals surface area contributed by atoms with Crippen LogP contribution in [0.4, 0.5) is 20.3 Å². The first-order valence-electron chi connectivity index (χ1n) is 13.5. The third-order valence-corrected chi connectivity index (χ3v) is 7.37. The molecule has 0 spiro atoms. The fourth-order valence-electron chi connectivity index (χ4n) is 5.17. The van der Waals surface area contributed by atoms with Gasteiger partial charge < -0.3 is 20.8 Å². The number of carbonyl (C=O) groups is 2. The number of hydrogen-bond acceptors (Lipinski definition) is 9. The molecule has 5 rings (SSSR count). The minimum Gasteiger partial charge on any atom is -0.482 e. The molecular formula is C29H30ClF2N7O3. The van der Waals surface area contributed by atoms with Gasteiger partial charge in [-0.05, 0) is 43.0 Å². The zero-order valence-corrected chi connectivity index (χ0v) is 23.8. The molecule has 13 heteroatoms. The maximum absolute atomic E-state index is 14.8. The molecule has 0 aliphatic carbocycles. The van der Waals surface area contributed by atoms with Crippen molar-refractivity contribution in [1.82, 2.24) is 20.3 Å². The number of ether oxygens (including phenoxy) is 1. The largest absolute Gasteiger partial charge is 0.482 e. The van der Waals surface area contributed by atoms with Gasteiger partial charge in [0, 0.05) is 35.3 Å². The molecule has 1 aromatic carbocycles. The number of nitrogens with one attached hydrogen (secondary N) is 3. The Morgan fingerprint density at radius 3 is 2.71 bits per heavy atom. The van der Waals surface area contributed by atoms with Gasteiger partial charge in [0.25, 0.3) is 11.8 Å². The van der Waals surface area contributed by atoms with Crippen LogP contribution in [0.25, 0.3) is 11.1 Å². The van der Waals surface area contributed by atoms with Crippen molar-refractivity contribution >= 4 is 41.5 Å². The fourth-order valence-corrected chi connectivity index (χ4v) is 5.27. The van der Waals surface area contributed by atoms with Gasteiger partial charge in [0.2, 0.25) is 0 Å². The molecule has 2 aromatic heterocycles. The smallest absolute Gasteiger partial charge is 0.279 e. The molecule has 2 aliphatic heterocycles. The highest BCUT2D eigenvalue weighted by atomic mass is 35.5. The summed E-state index contributed by atoms with van der Waals surface area (Å²) < 4.78 is 35.3. The van der Waals surface area contributed by atoms with Crippen LogP contribution in [-0.2, 0) is 17.8 Å². The van der Waals surface area contributed by atoms with Crippen molar-refractivity contribution in [3.05, 3.63) is 58.3 Å². The van der Waals surface area contributed by atoms with E-state index < -0.39 is 18.5 Å². The van der Waals surface area contributed by atoms with Crippen molar-refractivity contribution < 1.29 is 23.1 Å². The summed E-state index contributed by atoms with van der Waals surface area (Å²) >= 11 is 5.89. The molecule has 42 heavy (non-hydrogen) atoms. The van der Waals surface area contributed by atoms with Gasteiger partial charge in [0.15, 0.2) is 12.9 Å². The summed E-state index contributed by atoms with van der Waals surface area (Å²) in [5.41, 5.74) is 2.28. The maximum atomic E-state index is 14.8. The van der Waals surface area contributed by atoms with Gasteiger partial charge >= 0.3 is 0 Å². The summed E-state index contributed by atoms with van der Waals surface area (Å²) in [7, 11) is 0. The van der Waals surface area contributed by atoms with Crippen LogP contribution < -0.4 is 20.3 Å². The Bertz CT molecular complexity index is 1520. The molecule has 10 nitrogen and oxygen atoms in total. The van der Waals surface area contributed by atoms with Gasteiger partial charge in [0.05, 0.1) is 35.5 Å². The number of aromatic nitrogens is 3. The number of pyridine rings is 1. The summed E-state index contributed by atoms with van der Waals surface area (Å²) in [5.74, 6) is -2.34. The number of fused-ring (bicyclic) bond motifs is 1. The Labute approximate surface area is 246 Å². The average Bonchev–Trinajstić information content (AvgIpc) is 2.96. The quantitative estimate of drug-likeness (QED) is 0.242. The van der Waals surface area contributed by atoms with E-state index in [1.807, 2.05) is 13.8 Å². The third-order valence-electron chi connectivity index (χ3n) is 7.17. The number of nitrogens with zero attached hydrogens (tertiary/aromatic N) is 4. The molecule has 1 saturated heterocycles. The molecule has 1 amide bonds. The van der Waals surface area contributed by atoms with Crippen molar-refractivity contribution in [2.24, 2.45) is 5.92 Å². The van der Waals surface area contributed by atoms with E-state index in [1.165, 1.54) is 17.3 Å². The first kappa shape index (κ1) is 29.5. The number of aldehydes is 1. The lowest BCUT2D eigenvalue weighted by molar-refractivity contribution is -0.121. The van der Waals surface area contributed by atoms with Gasteiger partial charge in [-0.1, -0.05) is 31.5 Å². The van der Waals surface area contributed by atoms with E-state index in [1.54, 1.807) is 18.2 Å². The molecule has 4 heterocycles. The van der Waals surface area contributed by atoms with Crippen LogP contribution in [0.1, 0.15) is 47.7 Å². The normalized spacial score (nSPS) is 17.9. The third kappa shape index (κ3) is 5.95. The summed E-state index contributed by atoms with van der Waals surface area (Å²) in [6.45, 7) is 3.73. The summed E-state index contributed by atoms with van der Waals surface area (Å²) in [4.78, 5) is 39.8. The molecule has 2 aliphatic rings. The zero-order valence-electron chi connectivity index (χ0n) is 23.1. The summed E-state index contributed by atoms with van der Waals surface area (Å²) in [6, 6.07) is 3.85. The van der Waals surface area contributed by atoms with Gasteiger partial charge in [-0.3, -0.25) is 14.5 Å². The molecule has 0 bridgehead atoms. The lowest BCUT2D eigenvalue weighted by Gasteiger charge is -2.33. The first-order valence-corrected chi connectivity index (χ1v) is 13.9. The molecule has 1 fully saturated rings. The number of anilines is 2. The monoisotopic (exact) mass is 597 g/mol. The highest BCUT2D eigenvalue weighted by molar-refractivity contribution is 6.30. The highest BCUT2D eigenvalue weighted by Crippen LogP contribution is 2.40. The SMILES string of the molecule is CC(C)Cc1nc(NC2CCNCC2(F)F)c(C=N)c(-c2ccc3c(c2)OCC(=O)N3Cc2ncc(Cl)cn2)c1C=O. The van der Waals surface area contributed by atoms with Crippen LogP contribution in [0.15, 0.2) is 30.6 Å². The molecule has 3 aromatic rings. The maximum Gasteiger partial charge on any atom is 0.279 e. The van der Waals surface area contributed by atoms with Gasteiger partial charge in [-0.2, -0.15) is 0 Å². The fraction of sp³-hybridized carbons (Fsp3) is 0.379. The molecule has 1 atom stereocenters. The molecule has 1 unspecified atom stereocenters. The van der Waals surface area contributed by atoms with Crippen LogP contribution in [0, 0.1) is 11.3 Å². The van der Waals surface area contributed by atoms with Crippen LogP contribution >= 0.6 is 11.6 Å². The summed E-state index contributed by atoms with van der Waals surface area (Å²) in [5, 5.41) is 14.2. The minimum atomic E-state index is -3.04. The number of amides is 1. The van der Waals surface area contributed by atoms with Crippen molar-refractivity contribution in [3.63, 3.8) is 0 Å². The van der Waals surface area contributed by atoms with Crippen LogP contribution in [0.3, 0.4) is 0 Å². The topological polar surface area (TPSA) is 133 Å². The van der Waals surface area contributed by atoms with Crippen LogP contribution in [0.5, 0.6) is 5.75 Å².